The lowest BCUT2D eigenvalue weighted by molar-refractivity contribution is -0.385. The quantitative estimate of drug-likeness (QED) is 0.143. The summed E-state index contributed by atoms with van der Waals surface area (Å²) >= 11 is 0. The van der Waals surface area contributed by atoms with Gasteiger partial charge in [0.1, 0.15) is 18.2 Å². The van der Waals surface area contributed by atoms with Crippen molar-refractivity contribution in [3.63, 3.8) is 0 Å². The second kappa shape index (κ2) is 18.4. The molecule has 14 nitrogen and oxygen atoms in total. The van der Waals surface area contributed by atoms with E-state index in [0.717, 1.165) is 18.2 Å². The standard InChI is InChI=1S/C15H15NO6S.C13H10FNO4S.C2H6O2/c17-8-9-22-13-6-7-15(16(18)19)12(10-13)11-23(20,21)14-4-2-1-3-5-14;14-11-6-7-13(15(16)17)10(8-11)9-20(18,19)12-4-2-1-3-5-12;3-1-2-4/h1-7,10,17H,8-9,11H2;1-8H,9H2;3-4H,1-2H2. The predicted octanol–water partition coefficient (Wildman–Crippen LogP) is 3.62. The van der Waals surface area contributed by atoms with Crippen LogP contribution in [0.15, 0.2) is 107 Å². The number of sulfone groups is 2. The highest BCUT2D eigenvalue weighted by atomic mass is 32.2. The highest BCUT2D eigenvalue weighted by molar-refractivity contribution is 7.91. The van der Waals surface area contributed by atoms with Gasteiger partial charge in [-0.15, -0.1) is 0 Å². The highest BCUT2D eigenvalue weighted by Gasteiger charge is 2.24. The molecule has 0 aliphatic rings. The van der Waals surface area contributed by atoms with E-state index in [9.17, 15) is 41.5 Å². The number of ether oxygens (including phenoxy) is 1. The van der Waals surface area contributed by atoms with Gasteiger partial charge in [0, 0.05) is 23.3 Å². The summed E-state index contributed by atoms with van der Waals surface area (Å²) in [5.74, 6) is -1.58. The number of rotatable bonds is 12. The van der Waals surface area contributed by atoms with Gasteiger partial charge in [-0.1, -0.05) is 36.4 Å². The zero-order valence-electron chi connectivity index (χ0n) is 24.6. The van der Waals surface area contributed by atoms with Crippen LogP contribution < -0.4 is 4.74 Å². The van der Waals surface area contributed by atoms with Crippen LogP contribution in [0.3, 0.4) is 0 Å². The lowest BCUT2D eigenvalue weighted by Gasteiger charge is -2.09. The van der Waals surface area contributed by atoms with E-state index in [2.05, 4.69) is 0 Å². The summed E-state index contributed by atoms with van der Waals surface area (Å²) in [7, 11) is -7.47. The molecule has 0 aromatic heterocycles. The summed E-state index contributed by atoms with van der Waals surface area (Å²) in [4.78, 5) is 20.7. The Kier molecular flexibility index (Phi) is 15.0. The zero-order valence-corrected chi connectivity index (χ0v) is 26.2. The highest BCUT2D eigenvalue weighted by Crippen LogP contribution is 2.28. The van der Waals surface area contributed by atoms with Gasteiger partial charge in [-0.05, 0) is 48.5 Å². The maximum absolute atomic E-state index is 13.2. The molecule has 0 bridgehead atoms. The number of aliphatic hydroxyl groups is 3. The van der Waals surface area contributed by atoms with Crippen LogP contribution in [-0.4, -0.2) is 68.4 Å². The third-order valence-corrected chi connectivity index (χ3v) is 9.20. The van der Waals surface area contributed by atoms with Gasteiger partial charge in [0.05, 0.1) is 51.0 Å². The lowest BCUT2D eigenvalue weighted by Crippen LogP contribution is -2.08. The number of halogens is 1. The molecule has 17 heteroatoms. The average molecular weight is 695 g/mol. The van der Waals surface area contributed by atoms with E-state index in [1.807, 2.05) is 0 Å². The number of nitrogens with zero attached hydrogens (tertiary/aromatic N) is 2. The minimum absolute atomic E-state index is 0.0166. The Bertz CT molecular complexity index is 1840. The van der Waals surface area contributed by atoms with Gasteiger partial charge in [0.25, 0.3) is 11.4 Å². The van der Waals surface area contributed by atoms with Crippen molar-refractivity contribution in [2.75, 3.05) is 26.4 Å². The molecule has 0 atom stereocenters. The Hall–Kier alpha value is -4.81. The van der Waals surface area contributed by atoms with Gasteiger partial charge in [0.2, 0.25) is 0 Å². The first-order chi connectivity index (χ1) is 22.2. The van der Waals surface area contributed by atoms with Gasteiger partial charge in [-0.25, -0.2) is 21.2 Å². The molecule has 4 aromatic carbocycles. The van der Waals surface area contributed by atoms with E-state index in [4.69, 9.17) is 20.1 Å². The van der Waals surface area contributed by atoms with Crippen molar-refractivity contribution in [2.45, 2.75) is 21.3 Å². The van der Waals surface area contributed by atoms with Gasteiger partial charge in [-0.2, -0.15) is 0 Å². The van der Waals surface area contributed by atoms with Crippen molar-refractivity contribution < 1.29 is 51.1 Å². The molecule has 0 radical (unpaired) electrons. The molecule has 0 aliphatic heterocycles. The molecule has 252 valence electrons. The zero-order chi connectivity index (χ0) is 35.0. The average Bonchev–Trinajstić information content (AvgIpc) is 3.04. The van der Waals surface area contributed by atoms with Crippen LogP contribution in [-0.2, 0) is 31.2 Å². The van der Waals surface area contributed by atoms with E-state index >= 15 is 0 Å². The molecule has 4 aromatic rings. The summed E-state index contributed by atoms with van der Waals surface area (Å²) in [5, 5.41) is 45.9. The molecule has 47 heavy (non-hydrogen) atoms. The lowest BCUT2D eigenvalue weighted by atomic mass is 10.2. The van der Waals surface area contributed by atoms with Crippen LogP contribution in [0.5, 0.6) is 5.75 Å². The largest absolute Gasteiger partial charge is 0.491 e. The Morgan fingerprint density at radius 1 is 0.617 bits per heavy atom. The Labute approximate surface area is 269 Å². The van der Waals surface area contributed by atoms with Crippen LogP contribution in [0.25, 0.3) is 0 Å². The topological polar surface area (TPSA) is 224 Å². The normalized spacial score (nSPS) is 10.9. The number of nitro benzene ring substituents is 2. The van der Waals surface area contributed by atoms with Crippen LogP contribution in [0.4, 0.5) is 15.8 Å². The van der Waals surface area contributed by atoms with E-state index in [1.54, 1.807) is 36.4 Å². The van der Waals surface area contributed by atoms with Crippen LogP contribution in [0.1, 0.15) is 11.1 Å². The summed E-state index contributed by atoms with van der Waals surface area (Å²) in [6.45, 7) is -0.447. The molecule has 0 unspecified atom stereocenters. The van der Waals surface area contributed by atoms with Gasteiger partial charge in [0.15, 0.2) is 19.7 Å². The van der Waals surface area contributed by atoms with Crippen molar-refractivity contribution in [1.29, 1.82) is 0 Å². The maximum atomic E-state index is 13.2. The molecule has 4 rings (SSSR count). The summed E-state index contributed by atoms with van der Waals surface area (Å²) in [6, 6.07) is 21.9. The van der Waals surface area contributed by atoms with Gasteiger partial charge >= 0.3 is 0 Å². The molecular weight excluding hydrogens is 663 g/mol. The fourth-order valence-corrected chi connectivity index (χ4v) is 6.55. The monoisotopic (exact) mass is 694 g/mol. The second-order valence-electron chi connectivity index (χ2n) is 9.24. The molecule has 0 aliphatic carbocycles. The molecule has 0 amide bonds. The Morgan fingerprint density at radius 3 is 1.45 bits per heavy atom. The first kappa shape index (κ1) is 38.4. The van der Waals surface area contributed by atoms with Crippen molar-refractivity contribution in [2.24, 2.45) is 0 Å². The van der Waals surface area contributed by atoms with E-state index in [1.165, 1.54) is 42.5 Å². The second-order valence-corrected chi connectivity index (χ2v) is 13.2. The van der Waals surface area contributed by atoms with Crippen LogP contribution in [0.2, 0.25) is 0 Å². The molecule has 3 N–H and O–H groups in total. The van der Waals surface area contributed by atoms with E-state index in [0.29, 0.717) is 0 Å². The number of hydrogen-bond acceptors (Lipinski definition) is 12. The van der Waals surface area contributed by atoms with Crippen molar-refractivity contribution in [3.05, 3.63) is 134 Å². The third-order valence-electron chi connectivity index (χ3n) is 5.84. The number of nitro groups is 2. The van der Waals surface area contributed by atoms with E-state index < -0.39 is 52.5 Å². The van der Waals surface area contributed by atoms with E-state index in [-0.39, 0.29) is 58.8 Å². The number of hydrogen-bond donors (Lipinski definition) is 3. The molecule has 0 fully saturated rings. The fraction of sp³-hybridized carbons (Fsp3) is 0.200. The fourth-order valence-electron chi connectivity index (χ4n) is 3.79. The van der Waals surface area contributed by atoms with Gasteiger partial charge < -0.3 is 20.1 Å². The van der Waals surface area contributed by atoms with Crippen molar-refractivity contribution >= 4 is 31.0 Å². The smallest absolute Gasteiger partial charge is 0.273 e. The summed E-state index contributed by atoms with van der Waals surface area (Å²) < 4.78 is 67.4. The molecule has 0 saturated carbocycles. The summed E-state index contributed by atoms with van der Waals surface area (Å²) in [6.07, 6.45) is 0. The van der Waals surface area contributed by atoms with Crippen LogP contribution >= 0.6 is 0 Å². The first-order valence-electron chi connectivity index (χ1n) is 13.5. The summed E-state index contributed by atoms with van der Waals surface area (Å²) in [5.41, 5.74) is -0.833. The Morgan fingerprint density at radius 2 is 1.04 bits per heavy atom. The van der Waals surface area contributed by atoms with Crippen LogP contribution in [0, 0.1) is 26.0 Å². The minimum atomic E-state index is -3.76. The number of benzene rings is 4. The molecule has 0 spiro atoms. The van der Waals surface area contributed by atoms with Crippen molar-refractivity contribution in [1.82, 2.24) is 0 Å². The molecule has 0 saturated heterocycles. The molecular formula is C30H31FN2O12S2. The van der Waals surface area contributed by atoms with Crippen molar-refractivity contribution in [3.8, 4) is 5.75 Å². The SMILES string of the molecule is O=[N+]([O-])c1ccc(F)cc1CS(=O)(=O)c1ccccc1.O=[N+]([O-])c1ccc(OCCO)cc1CS(=O)(=O)c1ccccc1.OCCO. The maximum Gasteiger partial charge on any atom is 0.273 e. The first-order valence-corrected chi connectivity index (χ1v) is 16.8. The Balaban J connectivity index is 0.000000296. The predicted molar refractivity (Wildman–Crippen MR) is 168 cm³/mol. The minimum Gasteiger partial charge on any atom is -0.491 e. The third kappa shape index (κ3) is 12.1. The van der Waals surface area contributed by atoms with Gasteiger partial charge in [-0.3, -0.25) is 20.2 Å². The number of aliphatic hydroxyl groups excluding tert-OH is 3. The molecule has 0 heterocycles.